The van der Waals surface area contributed by atoms with Crippen molar-refractivity contribution in [3.8, 4) is 0 Å². The smallest absolute Gasteiger partial charge is 0.191 e. The second-order valence-corrected chi connectivity index (χ2v) is 6.98. The van der Waals surface area contributed by atoms with Gasteiger partial charge in [-0.2, -0.15) is 0 Å². The van der Waals surface area contributed by atoms with E-state index in [1.54, 1.807) is 0 Å². The van der Waals surface area contributed by atoms with Gasteiger partial charge in [0.1, 0.15) is 5.82 Å². The van der Waals surface area contributed by atoms with Gasteiger partial charge in [-0.1, -0.05) is 6.07 Å². The number of ether oxygens (including phenoxy) is 2. The molecule has 1 aromatic rings. The van der Waals surface area contributed by atoms with Crippen molar-refractivity contribution in [3.05, 3.63) is 23.9 Å². The minimum atomic E-state index is 0.577. The van der Waals surface area contributed by atoms with Crippen LogP contribution in [0.3, 0.4) is 0 Å². The highest BCUT2D eigenvalue weighted by molar-refractivity contribution is 5.79. The Balaban J connectivity index is 1.70. The summed E-state index contributed by atoms with van der Waals surface area (Å²) in [7, 11) is 0. The molecule has 0 aromatic carbocycles. The Kier molecular flexibility index (Phi) is 10.7. The van der Waals surface area contributed by atoms with E-state index >= 15 is 0 Å². The Morgan fingerprint density at radius 3 is 2.79 bits per heavy atom. The maximum absolute atomic E-state index is 5.75. The van der Waals surface area contributed by atoms with E-state index in [9.17, 15) is 0 Å². The van der Waals surface area contributed by atoms with Crippen molar-refractivity contribution in [2.45, 2.75) is 40.2 Å². The van der Waals surface area contributed by atoms with E-state index in [1.807, 2.05) is 6.20 Å². The molecule has 2 heterocycles. The molecule has 0 bridgehead atoms. The van der Waals surface area contributed by atoms with E-state index in [2.05, 4.69) is 58.4 Å². The van der Waals surface area contributed by atoms with Crippen molar-refractivity contribution in [2.75, 3.05) is 57.5 Å². The Labute approximate surface area is 169 Å². The maximum Gasteiger partial charge on any atom is 0.191 e. The van der Waals surface area contributed by atoms with Gasteiger partial charge in [0.05, 0.1) is 19.8 Å². The van der Waals surface area contributed by atoms with Gasteiger partial charge in [0.15, 0.2) is 5.96 Å². The zero-order chi connectivity index (χ0) is 20.0. The highest BCUT2D eigenvalue weighted by atomic mass is 16.5. The number of aromatic nitrogens is 1. The first-order valence-corrected chi connectivity index (χ1v) is 10.6. The van der Waals surface area contributed by atoms with Crippen LogP contribution in [-0.4, -0.2) is 63.6 Å². The van der Waals surface area contributed by atoms with Gasteiger partial charge in [-0.25, -0.2) is 9.98 Å². The lowest BCUT2D eigenvalue weighted by Gasteiger charge is -2.19. The molecular weight excluding hydrogens is 354 g/mol. The molecule has 0 aliphatic carbocycles. The predicted molar refractivity (Wildman–Crippen MR) is 115 cm³/mol. The summed E-state index contributed by atoms with van der Waals surface area (Å²) >= 11 is 0. The third kappa shape index (κ3) is 8.02. The molecule has 1 aromatic heterocycles. The molecule has 158 valence electrons. The Morgan fingerprint density at radius 2 is 2.14 bits per heavy atom. The standard InChI is InChI=1S/C21H37N5O2/c1-4-22-21(23-11-7-12-27-16-19-10-13-28-17-19)25-15-18-8-9-20(24-14-18)26(5-2)6-3/h8-9,14,19H,4-7,10-13,15-17H2,1-3H3,(H2,22,23,25). The minimum Gasteiger partial charge on any atom is -0.381 e. The summed E-state index contributed by atoms with van der Waals surface area (Å²) in [6, 6.07) is 4.18. The fourth-order valence-electron chi connectivity index (χ4n) is 3.10. The molecule has 7 heteroatoms. The van der Waals surface area contributed by atoms with Gasteiger partial charge in [0, 0.05) is 51.5 Å². The molecule has 0 amide bonds. The van der Waals surface area contributed by atoms with E-state index in [0.29, 0.717) is 12.5 Å². The Hall–Kier alpha value is -1.86. The molecule has 0 saturated carbocycles. The predicted octanol–water partition coefficient (Wildman–Crippen LogP) is 2.43. The molecule has 1 aliphatic rings. The largest absolute Gasteiger partial charge is 0.381 e. The monoisotopic (exact) mass is 391 g/mol. The molecule has 28 heavy (non-hydrogen) atoms. The van der Waals surface area contributed by atoms with Crippen LogP contribution in [0, 0.1) is 5.92 Å². The van der Waals surface area contributed by atoms with E-state index in [1.165, 1.54) is 0 Å². The van der Waals surface area contributed by atoms with Crippen molar-refractivity contribution < 1.29 is 9.47 Å². The summed E-state index contributed by atoms with van der Waals surface area (Å²) in [5.74, 6) is 2.43. The number of hydrogen-bond donors (Lipinski definition) is 2. The van der Waals surface area contributed by atoms with Crippen LogP contribution >= 0.6 is 0 Å². The van der Waals surface area contributed by atoms with Crippen molar-refractivity contribution in [1.29, 1.82) is 0 Å². The molecule has 1 saturated heterocycles. The van der Waals surface area contributed by atoms with Gasteiger partial charge in [-0.15, -0.1) is 0 Å². The summed E-state index contributed by atoms with van der Waals surface area (Å²) in [6.07, 6.45) is 4.00. The van der Waals surface area contributed by atoms with E-state index in [-0.39, 0.29) is 0 Å². The molecule has 1 aliphatic heterocycles. The van der Waals surface area contributed by atoms with Crippen LogP contribution in [0.5, 0.6) is 0 Å². The molecule has 2 N–H and O–H groups in total. The fourth-order valence-corrected chi connectivity index (χ4v) is 3.10. The van der Waals surface area contributed by atoms with Gasteiger partial charge < -0.3 is 25.0 Å². The number of pyridine rings is 1. The zero-order valence-corrected chi connectivity index (χ0v) is 17.7. The van der Waals surface area contributed by atoms with Gasteiger partial charge in [0.2, 0.25) is 0 Å². The number of rotatable bonds is 12. The molecular formula is C21H37N5O2. The third-order valence-corrected chi connectivity index (χ3v) is 4.80. The molecule has 1 unspecified atom stereocenters. The van der Waals surface area contributed by atoms with Crippen molar-refractivity contribution in [3.63, 3.8) is 0 Å². The topological polar surface area (TPSA) is 71.0 Å². The molecule has 1 atom stereocenters. The van der Waals surface area contributed by atoms with Gasteiger partial charge in [-0.3, -0.25) is 0 Å². The van der Waals surface area contributed by atoms with Crippen molar-refractivity contribution in [2.24, 2.45) is 10.9 Å². The summed E-state index contributed by atoms with van der Waals surface area (Å²) in [4.78, 5) is 11.5. The van der Waals surface area contributed by atoms with E-state index < -0.39 is 0 Å². The average molecular weight is 392 g/mol. The van der Waals surface area contributed by atoms with Crippen LogP contribution < -0.4 is 15.5 Å². The van der Waals surface area contributed by atoms with Crippen LogP contribution in [-0.2, 0) is 16.0 Å². The summed E-state index contributed by atoms with van der Waals surface area (Å²) in [5.41, 5.74) is 1.11. The van der Waals surface area contributed by atoms with E-state index in [4.69, 9.17) is 9.47 Å². The lowest BCUT2D eigenvalue weighted by molar-refractivity contribution is 0.0888. The van der Waals surface area contributed by atoms with Crippen LogP contribution in [0.4, 0.5) is 5.82 Å². The van der Waals surface area contributed by atoms with Gasteiger partial charge in [0.25, 0.3) is 0 Å². The van der Waals surface area contributed by atoms with Crippen molar-refractivity contribution >= 4 is 11.8 Å². The number of nitrogens with one attached hydrogen (secondary N) is 2. The van der Waals surface area contributed by atoms with E-state index in [0.717, 1.165) is 82.8 Å². The SMILES string of the molecule is CCNC(=NCc1ccc(N(CC)CC)nc1)NCCCOCC1CCOC1. The number of guanidine groups is 1. The first kappa shape index (κ1) is 22.4. The van der Waals surface area contributed by atoms with Gasteiger partial charge in [-0.05, 0) is 45.2 Å². The number of hydrogen-bond acceptors (Lipinski definition) is 5. The first-order chi connectivity index (χ1) is 13.8. The Bertz CT molecular complexity index is 554. The lowest BCUT2D eigenvalue weighted by Crippen LogP contribution is -2.38. The first-order valence-electron chi connectivity index (χ1n) is 10.6. The van der Waals surface area contributed by atoms with Crippen molar-refractivity contribution in [1.82, 2.24) is 15.6 Å². The number of anilines is 1. The number of aliphatic imine (C=N–C) groups is 1. The van der Waals surface area contributed by atoms with Gasteiger partial charge >= 0.3 is 0 Å². The van der Waals surface area contributed by atoms with Crippen LogP contribution in [0.1, 0.15) is 39.2 Å². The lowest BCUT2D eigenvalue weighted by atomic mass is 10.1. The number of nitrogens with zero attached hydrogens (tertiary/aromatic N) is 3. The molecule has 0 spiro atoms. The molecule has 1 fully saturated rings. The second-order valence-electron chi connectivity index (χ2n) is 6.98. The summed E-state index contributed by atoms with van der Waals surface area (Å²) < 4.78 is 11.1. The van der Waals surface area contributed by atoms with Crippen LogP contribution in [0.2, 0.25) is 0 Å². The molecule has 2 rings (SSSR count). The fraction of sp³-hybridized carbons (Fsp3) is 0.714. The average Bonchev–Trinajstić information content (AvgIpc) is 3.24. The zero-order valence-electron chi connectivity index (χ0n) is 17.7. The van der Waals surface area contributed by atoms with Crippen LogP contribution in [0.15, 0.2) is 23.3 Å². The minimum absolute atomic E-state index is 0.577. The molecule has 0 radical (unpaired) electrons. The highest BCUT2D eigenvalue weighted by Crippen LogP contribution is 2.12. The second kappa shape index (κ2) is 13.3. The third-order valence-electron chi connectivity index (χ3n) is 4.80. The molecule has 7 nitrogen and oxygen atoms in total. The highest BCUT2D eigenvalue weighted by Gasteiger charge is 2.15. The quantitative estimate of drug-likeness (QED) is 0.324. The summed E-state index contributed by atoms with van der Waals surface area (Å²) in [6.45, 7) is 13.9. The van der Waals surface area contributed by atoms with Crippen LogP contribution in [0.25, 0.3) is 0 Å². The Morgan fingerprint density at radius 1 is 1.29 bits per heavy atom. The summed E-state index contributed by atoms with van der Waals surface area (Å²) in [5, 5.41) is 6.66. The maximum atomic E-state index is 5.75. The normalized spacial score (nSPS) is 17.0.